The highest BCUT2D eigenvalue weighted by atomic mass is 16.4. The summed E-state index contributed by atoms with van der Waals surface area (Å²) in [6.07, 6.45) is 8.50. The molecule has 102 valence electrons. The first-order valence-corrected chi connectivity index (χ1v) is 6.88. The van der Waals surface area contributed by atoms with Crippen LogP contribution in [0.5, 0.6) is 0 Å². The van der Waals surface area contributed by atoms with Gasteiger partial charge in [-0.15, -0.1) is 0 Å². The molecule has 0 aliphatic rings. The van der Waals surface area contributed by atoms with Crippen molar-refractivity contribution >= 4 is 5.97 Å². The molecule has 4 nitrogen and oxygen atoms in total. The molecule has 1 atom stereocenters. The Labute approximate surface area is 105 Å². The van der Waals surface area contributed by atoms with Gasteiger partial charge in [-0.2, -0.15) is 0 Å². The van der Waals surface area contributed by atoms with Gasteiger partial charge in [-0.25, -0.2) is 0 Å². The average molecular weight is 244 g/mol. The maximum atomic E-state index is 11.0. The van der Waals surface area contributed by atoms with E-state index in [-0.39, 0.29) is 0 Å². The van der Waals surface area contributed by atoms with E-state index in [9.17, 15) is 4.79 Å². The fourth-order valence-corrected chi connectivity index (χ4v) is 1.81. The van der Waals surface area contributed by atoms with Crippen molar-refractivity contribution in [3.63, 3.8) is 0 Å². The summed E-state index contributed by atoms with van der Waals surface area (Å²) in [5.74, 6) is -0.740. The minimum Gasteiger partial charge on any atom is -0.480 e. The van der Waals surface area contributed by atoms with Crippen molar-refractivity contribution in [3.8, 4) is 0 Å². The predicted molar refractivity (Wildman–Crippen MR) is 71.1 cm³/mol. The third-order valence-corrected chi connectivity index (χ3v) is 2.92. The number of nitrogens with two attached hydrogens (primary N) is 1. The van der Waals surface area contributed by atoms with Gasteiger partial charge in [-0.1, -0.05) is 39.0 Å². The van der Waals surface area contributed by atoms with Gasteiger partial charge in [-0.05, 0) is 32.4 Å². The molecule has 0 fully saturated rings. The van der Waals surface area contributed by atoms with E-state index in [1.807, 2.05) is 0 Å². The van der Waals surface area contributed by atoms with Crippen LogP contribution in [0.25, 0.3) is 0 Å². The summed E-state index contributed by atoms with van der Waals surface area (Å²) in [6, 6.07) is -0.396. The monoisotopic (exact) mass is 244 g/mol. The molecule has 17 heavy (non-hydrogen) atoms. The summed E-state index contributed by atoms with van der Waals surface area (Å²) < 4.78 is 0. The highest BCUT2D eigenvalue weighted by molar-refractivity contribution is 5.73. The first kappa shape index (κ1) is 16.4. The molecule has 0 aliphatic carbocycles. The van der Waals surface area contributed by atoms with Gasteiger partial charge in [0.25, 0.3) is 0 Å². The molecule has 4 N–H and O–H groups in total. The van der Waals surface area contributed by atoms with E-state index in [0.717, 1.165) is 25.8 Å². The maximum absolute atomic E-state index is 11.0. The fraction of sp³-hybridized carbons (Fsp3) is 0.923. The highest BCUT2D eigenvalue weighted by Gasteiger charge is 2.15. The highest BCUT2D eigenvalue weighted by Crippen LogP contribution is 2.04. The standard InChI is InChI=1S/C13H28N2O2/c1-2-3-4-5-8-11-15-12(13(16)17)9-6-7-10-14/h12,15H,2-11,14H2,1H3,(H,16,17). The van der Waals surface area contributed by atoms with E-state index < -0.39 is 12.0 Å². The van der Waals surface area contributed by atoms with Gasteiger partial charge in [0.05, 0.1) is 0 Å². The smallest absolute Gasteiger partial charge is 0.320 e. The van der Waals surface area contributed by atoms with E-state index >= 15 is 0 Å². The van der Waals surface area contributed by atoms with Crippen LogP contribution in [0, 0.1) is 0 Å². The molecule has 0 aromatic heterocycles. The van der Waals surface area contributed by atoms with Gasteiger partial charge >= 0.3 is 5.97 Å². The van der Waals surface area contributed by atoms with Crippen molar-refractivity contribution in [1.29, 1.82) is 0 Å². The number of aliphatic carboxylic acids is 1. The molecule has 0 bridgehead atoms. The van der Waals surface area contributed by atoms with E-state index in [1.54, 1.807) is 0 Å². The molecule has 1 unspecified atom stereocenters. The van der Waals surface area contributed by atoms with Crippen LogP contribution in [0.2, 0.25) is 0 Å². The van der Waals surface area contributed by atoms with Crippen molar-refractivity contribution in [2.45, 2.75) is 64.3 Å². The van der Waals surface area contributed by atoms with E-state index in [1.165, 1.54) is 25.7 Å². The Kier molecular flexibility index (Phi) is 11.4. The molecule has 0 aromatic carbocycles. The van der Waals surface area contributed by atoms with Gasteiger partial charge in [-0.3, -0.25) is 4.79 Å². The number of nitrogens with one attached hydrogen (secondary N) is 1. The maximum Gasteiger partial charge on any atom is 0.320 e. The van der Waals surface area contributed by atoms with Gasteiger partial charge in [0.1, 0.15) is 6.04 Å². The number of carboxylic acids is 1. The lowest BCUT2D eigenvalue weighted by molar-refractivity contribution is -0.139. The lowest BCUT2D eigenvalue weighted by atomic mass is 10.1. The van der Waals surface area contributed by atoms with Crippen molar-refractivity contribution in [2.24, 2.45) is 5.73 Å². The summed E-state index contributed by atoms with van der Waals surface area (Å²) in [7, 11) is 0. The number of unbranched alkanes of at least 4 members (excludes halogenated alkanes) is 5. The van der Waals surface area contributed by atoms with Gasteiger partial charge in [0.15, 0.2) is 0 Å². The van der Waals surface area contributed by atoms with Crippen LogP contribution >= 0.6 is 0 Å². The summed E-state index contributed by atoms with van der Waals surface area (Å²) in [4.78, 5) is 11.0. The van der Waals surface area contributed by atoms with Crippen LogP contribution in [0.4, 0.5) is 0 Å². The van der Waals surface area contributed by atoms with Crippen LogP contribution in [0.1, 0.15) is 58.3 Å². The molecule has 0 aliphatic heterocycles. The average Bonchev–Trinajstić information content (AvgIpc) is 2.31. The third-order valence-electron chi connectivity index (χ3n) is 2.92. The quantitative estimate of drug-likeness (QED) is 0.460. The molecule has 0 rings (SSSR count). The molecule has 0 spiro atoms. The van der Waals surface area contributed by atoms with Crippen molar-refractivity contribution in [1.82, 2.24) is 5.32 Å². The van der Waals surface area contributed by atoms with Crippen LogP contribution in [-0.4, -0.2) is 30.2 Å². The number of hydrogen-bond acceptors (Lipinski definition) is 3. The van der Waals surface area contributed by atoms with E-state index in [2.05, 4.69) is 12.2 Å². The SMILES string of the molecule is CCCCCCCNC(CCCCN)C(=O)O. The first-order chi connectivity index (χ1) is 8.22. The molecular formula is C13H28N2O2. The lowest BCUT2D eigenvalue weighted by Gasteiger charge is -2.14. The largest absolute Gasteiger partial charge is 0.480 e. The molecule has 0 radical (unpaired) electrons. The fourth-order valence-electron chi connectivity index (χ4n) is 1.81. The summed E-state index contributed by atoms with van der Waals surface area (Å²) >= 11 is 0. The second-order valence-electron chi connectivity index (χ2n) is 4.54. The van der Waals surface area contributed by atoms with Gasteiger partial charge < -0.3 is 16.2 Å². The van der Waals surface area contributed by atoms with Crippen LogP contribution in [0.3, 0.4) is 0 Å². The van der Waals surface area contributed by atoms with E-state index in [4.69, 9.17) is 10.8 Å². The van der Waals surface area contributed by atoms with Gasteiger partial charge in [0.2, 0.25) is 0 Å². The molecule has 4 heteroatoms. The molecule has 0 heterocycles. The minimum atomic E-state index is -0.740. The molecule has 0 amide bonds. The van der Waals surface area contributed by atoms with E-state index in [0.29, 0.717) is 13.0 Å². The van der Waals surface area contributed by atoms with Crippen molar-refractivity contribution in [2.75, 3.05) is 13.1 Å². The molecule has 0 saturated heterocycles. The summed E-state index contributed by atoms with van der Waals surface area (Å²) in [5, 5.41) is 12.1. The summed E-state index contributed by atoms with van der Waals surface area (Å²) in [5.41, 5.74) is 5.39. The van der Waals surface area contributed by atoms with Crippen molar-refractivity contribution < 1.29 is 9.90 Å². The number of carboxylic acid groups (broad SMARTS) is 1. The van der Waals surface area contributed by atoms with Crippen molar-refractivity contribution in [3.05, 3.63) is 0 Å². The number of rotatable bonds is 12. The lowest BCUT2D eigenvalue weighted by Crippen LogP contribution is -2.37. The zero-order chi connectivity index (χ0) is 12.9. The molecule has 0 aromatic rings. The minimum absolute atomic E-state index is 0.396. The van der Waals surface area contributed by atoms with Crippen LogP contribution in [0.15, 0.2) is 0 Å². The third kappa shape index (κ3) is 10.3. The van der Waals surface area contributed by atoms with Crippen LogP contribution in [-0.2, 0) is 4.79 Å². The molecular weight excluding hydrogens is 216 g/mol. The topological polar surface area (TPSA) is 75.3 Å². The zero-order valence-electron chi connectivity index (χ0n) is 11.1. The Hall–Kier alpha value is -0.610. The van der Waals surface area contributed by atoms with Crippen LogP contribution < -0.4 is 11.1 Å². The Bertz CT molecular complexity index is 186. The Morgan fingerprint density at radius 1 is 1.18 bits per heavy atom. The normalized spacial score (nSPS) is 12.6. The molecule has 0 saturated carbocycles. The predicted octanol–water partition coefficient (Wildman–Crippen LogP) is 2.13. The Morgan fingerprint density at radius 3 is 2.47 bits per heavy atom. The Balaban J connectivity index is 3.52. The second-order valence-corrected chi connectivity index (χ2v) is 4.54. The summed E-state index contributed by atoms with van der Waals surface area (Å²) in [6.45, 7) is 3.64. The second kappa shape index (κ2) is 11.9. The number of hydrogen-bond donors (Lipinski definition) is 3. The first-order valence-electron chi connectivity index (χ1n) is 6.88. The Morgan fingerprint density at radius 2 is 1.88 bits per heavy atom. The number of carbonyl (C=O) groups is 1. The zero-order valence-corrected chi connectivity index (χ0v) is 11.1. The van der Waals surface area contributed by atoms with Gasteiger partial charge in [0, 0.05) is 0 Å².